The Labute approximate surface area is 173 Å². The summed E-state index contributed by atoms with van der Waals surface area (Å²) in [6.45, 7) is 0. The number of hydrogen-bond acceptors (Lipinski definition) is 4. The van der Waals surface area contributed by atoms with Crippen molar-refractivity contribution in [1.29, 1.82) is 0 Å². The number of aromatic nitrogens is 1. The Hall–Kier alpha value is -3.18. The summed E-state index contributed by atoms with van der Waals surface area (Å²) >= 11 is 1.60. The maximum absolute atomic E-state index is 13.4. The summed E-state index contributed by atoms with van der Waals surface area (Å²) in [5, 5.41) is 9.53. The predicted octanol–water partition coefficient (Wildman–Crippen LogP) is 5.34. The van der Waals surface area contributed by atoms with Gasteiger partial charge in [-0.2, -0.15) is 0 Å². The fraction of sp³-hybridized carbons (Fsp3) is 0.167. The van der Waals surface area contributed by atoms with E-state index in [0.717, 1.165) is 40.3 Å². The Bertz CT molecular complexity index is 1060. The molecule has 4 nitrogen and oxygen atoms in total. The summed E-state index contributed by atoms with van der Waals surface area (Å²) in [7, 11) is 0. The number of nitrogens with zero attached hydrogens (tertiary/aromatic N) is 1. The molecule has 144 valence electrons. The van der Waals surface area contributed by atoms with E-state index in [1.807, 2.05) is 84.2 Å². The predicted molar refractivity (Wildman–Crippen MR) is 114 cm³/mol. The number of amides is 1. The van der Waals surface area contributed by atoms with Gasteiger partial charge in [0.1, 0.15) is 0 Å². The van der Waals surface area contributed by atoms with Crippen molar-refractivity contribution in [2.24, 2.45) is 0 Å². The van der Waals surface area contributed by atoms with Crippen LogP contribution in [0, 0.1) is 0 Å². The number of thiophene rings is 1. The maximum atomic E-state index is 13.4. The van der Waals surface area contributed by atoms with E-state index in [9.17, 15) is 4.79 Å². The lowest BCUT2D eigenvalue weighted by atomic mass is 9.95. The lowest BCUT2D eigenvalue weighted by Crippen LogP contribution is -2.38. The van der Waals surface area contributed by atoms with Crippen molar-refractivity contribution in [3.63, 3.8) is 0 Å². The zero-order chi connectivity index (χ0) is 19.7. The summed E-state index contributed by atoms with van der Waals surface area (Å²) < 4.78 is 5.54. The summed E-state index contributed by atoms with van der Waals surface area (Å²) in [4.78, 5) is 14.4. The van der Waals surface area contributed by atoms with E-state index in [1.165, 1.54) is 0 Å². The van der Waals surface area contributed by atoms with Gasteiger partial charge in [-0.25, -0.2) is 0 Å². The number of carbonyl (C=O) groups excluding carboxylic acids is 1. The molecule has 5 heteroatoms. The molecule has 0 radical (unpaired) electrons. The van der Waals surface area contributed by atoms with Gasteiger partial charge in [-0.1, -0.05) is 71.9 Å². The SMILES string of the molecule is O=C(NC(c1ccccc1)c1ccccc1)C1(c2cc(-c3cccs3)on2)CC1. The van der Waals surface area contributed by atoms with Crippen LogP contribution in [0.1, 0.15) is 35.7 Å². The summed E-state index contributed by atoms with van der Waals surface area (Å²) in [6.07, 6.45) is 1.57. The van der Waals surface area contributed by atoms with E-state index >= 15 is 0 Å². The maximum Gasteiger partial charge on any atom is 0.233 e. The molecule has 1 amide bonds. The van der Waals surface area contributed by atoms with Crippen molar-refractivity contribution in [3.05, 3.63) is 101 Å². The minimum Gasteiger partial charge on any atom is -0.355 e. The molecule has 0 atom stereocenters. The van der Waals surface area contributed by atoms with Gasteiger partial charge < -0.3 is 9.84 Å². The second-order valence-electron chi connectivity index (χ2n) is 7.36. The lowest BCUT2D eigenvalue weighted by molar-refractivity contribution is -0.124. The first-order chi connectivity index (χ1) is 14.3. The number of nitrogens with one attached hydrogen (secondary N) is 1. The smallest absolute Gasteiger partial charge is 0.233 e. The molecule has 29 heavy (non-hydrogen) atoms. The number of hydrogen-bond donors (Lipinski definition) is 1. The Morgan fingerprint density at radius 2 is 1.62 bits per heavy atom. The zero-order valence-corrected chi connectivity index (χ0v) is 16.6. The van der Waals surface area contributed by atoms with Crippen LogP contribution < -0.4 is 5.32 Å². The van der Waals surface area contributed by atoms with Crippen LogP contribution in [0.3, 0.4) is 0 Å². The highest BCUT2D eigenvalue weighted by Gasteiger charge is 2.54. The van der Waals surface area contributed by atoms with Crippen molar-refractivity contribution in [2.45, 2.75) is 24.3 Å². The van der Waals surface area contributed by atoms with Crippen molar-refractivity contribution in [1.82, 2.24) is 10.5 Å². The van der Waals surface area contributed by atoms with E-state index in [1.54, 1.807) is 11.3 Å². The van der Waals surface area contributed by atoms with Crippen LogP contribution >= 0.6 is 11.3 Å². The monoisotopic (exact) mass is 400 g/mol. The highest BCUT2D eigenvalue weighted by atomic mass is 32.1. The van der Waals surface area contributed by atoms with Gasteiger partial charge in [0.25, 0.3) is 0 Å². The van der Waals surface area contributed by atoms with Crippen molar-refractivity contribution in [2.75, 3.05) is 0 Å². The molecule has 0 unspecified atom stereocenters. The van der Waals surface area contributed by atoms with Gasteiger partial charge in [-0.3, -0.25) is 4.79 Å². The van der Waals surface area contributed by atoms with Gasteiger partial charge in [0, 0.05) is 6.07 Å². The second kappa shape index (κ2) is 7.33. The van der Waals surface area contributed by atoms with Crippen molar-refractivity contribution < 1.29 is 9.32 Å². The molecule has 2 aromatic heterocycles. The molecular weight excluding hydrogens is 380 g/mol. The Morgan fingerprint density at radius 1 is 0.966 bits per heavy atom. The van der Waals surface area contributed by atoms with Crippen molar-refractivity contribution in [3.8, 4) is 10.6 Å². The quantitative estimate of drug-likeness (QED) is 0.475. The molecule has 2 aromatic carbocycles. The molecule has 1 saturated carbocycles. The van der Waals surface area contributed by atoms with E-state index in [0.29, 0.717) is 0 Å². The molecule has 1 aliphatic rings. The standard InChI is InChI=1S/C24H20N2O2S/c27-23(24(13-14-24)21-16-19(28-26-21)20-12-7-15-29-20)25-22(17-8-3-1-4-9-17)18-10-5-2-6-11-18/h1-12,15-16,22H,13-14H2,(H,25,27). The Balaban J connectivity index is 1.43. The normalized spacial score (nSPS) is 14.7. The van der Waals surface area contributed by atoms with Gasteiger partial charge in [-0.05, 0) is 35.4 Å². The van der Waals surface area contributed by atoms with Crippen LogP contribution in [-0.4, -0.2) is 11.1 Å². The average molecular weight is 401 g/mol. The van der Waals surface area contributed by atoms with Crippen LogP contribution in [-0.2, 0) is 10.2 Å². The summed E-state index contributed by atoms with van der Waals surface area (Å²) in [5.41, 5.74) is 2.24. The molecule has 5 rings (SSSR count). The molecule has 4 aromatic rings. The molecule has 0 aliphatic heterocycles. The first-order valence-electron chi connectivity index (χ1n) is 9.68. The van der Waals surface area contributed by atoms with Crippen LogP contribution in [0.2, 0.25) is 0 Å². The van der Waals surface area contributed by atoms with Crippen LogP contribution in [0.25, 0.3) is 10.6 Å². The molecule has 0 saturated heterocycles. The number of benzene rings is 2. The van der Waals surface area contributed by atoms with Crippen LogP contribution in [0.5, 0.6) is 0 Å². The molecule has 1 fully saturated rings. The number of rotatable bonds is 6. The van der Waals surface area contributed by atoms with E-state index in [-0.39, 0.29) is 11.9 Å². The molecule has 0 bridgehead atoms. The molecular formula is C24H20N2O2S. The lowest BCUT2D eigenvalue weighted by Gasteiger charge is -2.22. The first-order valence-corrected chi connectivity index (χ1v) is 10.6. The second-order valence-corrected chi connectivity index (χ2v) is 8.31. The Morgan fingerprint density at radius 3 is 2.17 bits per heavy atom. The van der Waals surface area contributed by atoms with Gasteiger partial charge >= 0.3 is 0 Å². The minimum atomic E-state index is -0.596. The van der Waals surface area contributed by atoms with Gasteiger partial charge in [0.15, 0.2) is 5.76 Å². The third-order valence-electron chi connectivity index (χ3n) is 5.49. The summed E-state index contributed by atoms with van der Waals surface area (Å²) in [6, 6.07) is 25.8. The minimum absolute atomic E-state index is 0.00114. The topological polar surface area (TPSA) is 55.1 Å². The molecule has 2 heterocycles. The van der Waals surface area contributed by atoms with Gasteiger partial charge in [0.2, 0.25) is 5.91 Å². The summed E-state index contributed by atoms with van der Waals surface area (Å²) in [5.74, 6) is 0.720. The molecule has 1 aliphatic carbocycles. The van der Waals surface area contributed by atoms with Crippen LogP contribution in [0.4, 0.5) is 0 Å². The fourth-order valence-corrected chi connectivity index (χ4v) is 4.35. The zero-order valence-electron chi connectivity index (χ0n) is 15.7. The average Bonchev–Trinajstić information content (AvgIpc) is 3.17. The molecule has 1 N–H and O–H groups in total. The van der Waals surface area contributed by atoms with Crippen LogP contribution in [0.15, 0.2) is 88.8 Å². The number of carbonyl (C=O) groups is 1. The van der Waals surface area contributed by atoms with E-state index in [2.05, 4.69) is 10.5 Å². The largest absolute Gasteiger partial charge is 0.355 e. The van der Waals surface area contributed by atoms with Gasteiger partial charge in [0.05, 0.1) is 22.0 Å². The van der Waals surface area contributed by atoms with Crippen molar-refractivity contribution >= 4 is 17.2 Å². The highest BCUT2D eigenvalue weighted by Crippen LogP contribution is 2.49. The Kier molecular flexibility index (Phi) is 4.52. The first kappa shape index (κ1) is 17.9. The highest BCUT2D eigenvalue weighted by molar-refractivity contribution is 7.13. The van der Waals surface area contributed by atoms with E-state index in [4.69, 9.17) is 4.52 Å². The van der Waals surface area contributed by atoms with E-state index < -0.39 is 5.41 Å². The third-order valence-corrected chi connectivity index (χ3v) is 6.37. The molecule has 0 spiro atoms. The fourth-order valence-electron chi connectivity index (χ4n) is 3.68. The van der Waals surface area contributed by atoms with Gasteiger partial charge in [-0.15, -0.1) is 11.3 Å². The third kappa shape index (κ3) is 3.38.